The Morgan fingerprint density at radius 3 is 3.00 bits per heavy atom. The summed E-state index contributed by atoms with van der Waals surface area (Å²) in [6, 6.07) is 1.90. The number of aromatic nitrogens is 4. The number of hydrogen-bond acceptors (Lipinski definition) is 6. The molecule has 0 spiro atoms. The molecule has 0 amide bonds. The number of hydrogen-bond donors (Lipinski definition) is 1. The fraction of sp³-hybridized carbons (Fsp3) is 0.500. The van der Waals surface area contributed by atoms with Crippen molar-refractivity contribution in [1.29, 1.82) is 0 Å². The number of nitrogens with zero attached hydrogens (tertiary/aromatic N) is 4. The minimum absolute atomic E-state index is 0.0621. The highest BCUT2D eigenvalue weighted by Crippen LogP contribution is 2.23. The van der Waals surface area contributed by atoms with Gasteiger partial charge in [-0.1, -0.05) is 18.7 Å². The summed E-state index contributed by atoms with van der Waals surface area (Å²) in [7, 11) is 0. The molecule has 0 atom stereocenters. The van der Waals surface area contributed by atoms with E-state index in [-0.39, 0.29) is 6.42 Å². The molecule has 0 bridgehead atoms. The Hall–Kier alpha value is -1.83. The lowest BCUT2D eigenvalue weighted by Crippen LogP contribution is -2.00. The average Bonchev–Trinajstić information content (AvgIpc) is 2.97. The zero-order valence-corrected chi connectivity index (χ0v) is 12.2. The number of carboxylic acid groups (broad SMARTS) is 1. The molecule has 2 rings (SSSR count). The van der Waals surface area contributed by atoms with Crippen LogP contribution in [0.2, 0.25) is 0 Å². The molecule has 0 saturated carbocycles. The minimum atomic E-state index is -0.842. The molecule has 0 aliphatic heterocycles. The average molecular weight is 296 g/mol. The predicted molar refractivity (Wildman–Crippen MR) is 73.5 cm³/mol. The molecule has 0 unspecified atom stereocenters. The number of carboxylic acids is 1. The van der Waals surface area contributed by atoms with E-state index < -0.39 is 5.97 Å². The SMILES string of the molecule is CCCn1nc(-c2nnc(SCCC(=O)O)o2)cc1C. The van der Waals surface area contributed by atoms with E-state index in [0.717, 1.165) is 18.7 Å². The Bertz CT molecular complexity index is 593. The summed E-state index contributed by atoms with van der Waals surface area (Å²) >= 11 is 1.23. The van der Waals surface area contributed by atoms with Gasteiger partial charge in [-0.05, 0) is 19.4 Å². The van der Waals surface area contributed by atoms with E-state index in [2.05, 4.69) is 22.2 Å². The van der Waals surface area contributed by atoms with Gasteiger partial charge in [0.2, 0.25) is 0 Å². The first kappa shape index (κ1) is 14.6. The second-order valence-corrected chi connectivity index (χ2v) is 5.31. The van der Waals surface area contributed by atoms with Crippen molar-refractivity contribution < 1.29 is 14.3 Å². The number of rotatable bonds is 7. The fourth-order valence-electron chi connectivity index (χ4n) is 1.65. The molecule has 0 aliphatic carbocycles. The highest BCUT2D eigenvalue weighted by molar-refractivity contribution is 7.99. The predicted octanol–water partition coefficient (Wildman–Crippen LogP) is 2.22. The van der Waals surface area contributed by atoms with E-state index in [1.807, 2.05) is 17.7 Å². The fourth-order valence-corrected chi connectivity index (χ4v) is 2.34. The standard InChI is InChI=1S/C12H16N4O3S/c1-3-5-16-8(2)7-9(15-16)11-13-14-12(19-11)20-6-4-10(17)18/h7H,3-6H2,1-2H3,(H,17,18). The quantitative estimate of drug-likeness (QED) is 0.783. The molecule has 108 valence electrons. The Kier molecular flexibility index (Phi) is 4.78. The van der Waals surface area contributed by atoms with Crippen LogP contribution in [-0.4, -0.2) is 36.8 Å². The molecule has 0 aromatic carbocycles. The number of aliphatic carboxylic acids is 1. The molecular formula is C12H16N4O3S. The van der Waals surface area contributed by atoms with Crippen LogP contribution in [-0.2, 0) is 11.3 Å². The number of carbonyl (C=O) groups is 1. The molecule has 1 N–H and O–H groups in total. The maximum Gasteiger partial charge on any atom is 0.304 e. The monoisotopic (exact) mass is 296 g/mol. The highest BCUT2D eigenvalue weighted by Gasteiger charge is 2.14. The Labute approximate surface area is 120 Å². The van der Waals surface area contributed by atoms with Crippen molar-refractivity contribution >= 4 is 17.7 Å². The van der Waals surface area contributed by atoms with Gasteiger partial charge in [0.05, 0.1) is 6.42 Å². The number of aryl methyl sites for hydroxylation is 2. The largest absolute Gasteiger partial charge is 0.481 e. The smallest absolute Gasteiger partial charge is 0.304 e. The van der Waals surface area contributed by atoms with Gasteiger partial charge in [0.25, 0.3) is 11.1 Å². The molecule has 2 aromatic heterocycles. The first-order valence-electron chi connectivity index (χ1n) is 6.33. The summed E-state index contributed by atoms with van der Waals surface area (Å²) < 4.78 is 7.37. The zero-order valence-electron chi connectivity index (χ0n) is 11.4. The van der Waals surface area contributed by atoms with Crippen molar-refractivity contribution in [3.05, 3.63) is 11.8 Å². The molecule has 8 heteroatoms. The van der Waals surface area contributed by atoms with Gasteiger partial charge in [-0.15, -0.1) is 10.2 Å². The first-order chi connectivity index (χ1) is 9.60. The summed E-state index contributed by atoms with van der Waals surface area (Å²) in [5.74, 6) is -0.0766. The Morgan fingerprint density at radius 1 is 1.50 bits per heavy atom. The van der Waals surface area contributed by atoms with Crippen LogP contribution in [0.1, 0.15) is 25.5 Å². The van der Waals surface area contributed by atoms with Crippen LogP contribution in [0, 0.1) is 6.92 Å². The summed E-state index contributed by atoms with van der Waals surface area (Å²) in [4.78, 5) is 10.4. The van der Waals surface area contributed by atoms with Crippen molar-refractivity contribution in [3.8, 4) is 11.6 Å². The third-order valence-electron chi connectivity index (χ3n) is 2.58. The van der Waals surface area contributed by atoms with Gasteiger partial charge in [0.15, 0.2) is 0 Å². The van der Waals surface area contributed by atoms with Gasteiger partial charge in [-0.3, -0.25) is 9.48 Å². The van der Waals surface area contributed by atoms with Crippen LogP contribution in [0.5, 0.6) is 0 Å². The van der Waals surface area contributed by atoms with Crippen LogP contribution in [0.15, 0.2) is 15.7 Å². The van der Waals surface area contributed by atoms with Crippen molar-refractivity contribution in [1.82, 2.24) is 20.0 Å². The second-order valence-electron chi connectivity index (χ2n) is 4.26. The summed E-state index contributed by atoms with van der Waals surface area (Å²) in [6.45, 7) is 4.91. The molecule has 0 aliphatic rings. The molecule has 0 saturated heterocycles. The van der Waals surface area contributed by atoms with E-state index in [1.165, 1.54) is 11.8 Å². The lowest BCUT2D eigenvalue weighted by atomic mass is 10.4. The van der Waals surface area contributed by atoms with Gasteiger partial charge in [-0.2, -0.15) is 5.10 Å². The third-order valence-corrected chi connectivity index (χ3v) is 3.40. The summed E-state index contributed by atoms with van der Waals surface area (Å²) in [5.41, 5.74) is 1.69. The van der Waals surface area contributed by atoms with Crippen LogP contribution < -0.4 is 0 Å². The van der Waals surface area contributed by atoms with Crippen LogP contribution >= 0.6 is 11.8 Å². The van der Waals surface area contributed by atoms with Gasteiger partial charge >= 0.3 is 5.97 Å². The molecule has 2 aromatic rings. The maximum absolute atomic E-state index is 10.4. The Balaban J connectivity index is 2.04. The van der Waals surface area contributed by atoms with Crippen molar-refractivity contribution in [2.24, 2.45) is 0 Å². The van der Waals surface area contributed by atoms with Crippen LogP contribution in [0.25, 0.3) is 11.6 Å². The van der Waals surface area contributed by atoms with E-state index >= 15 is 0 Å². The van der Waals surface area contributed by atoms with Gasteiger partial charge in [0, 0.05) is 18.0 Å². The van der Waals surface area contributed by atoms with Crippen molar-refractivity contribution in [2.75, 3.05) is 5.75 Å². The molecule has 20 heavy (non-hydrogen) atoms. The van der Waals surface area contributed by atoms with E-state index in [0.29, 0.717) is 22.6 Å². The van der Waals surface area contributed by atoms with Gasteiger partial charge in [0.1, 0.15) is 5.69 Å². The van der Waals surface area contributed by atoms with Crippen molar-refractivity contribution in [3.63, 3.8) is 0 Å². The normalized spacial score (nSPS) is 10.9. The molecule has 2 heterocycles. The van der Waals surface area contributed by atoms with E-state index in [1.54, 1.807) is 0 Å². The van der Waals surface area contributed by atoms with Crippen LogP contribution in [0.4, 0.5) is 0 Å². The van der Waals surface area contributed by atoms with E-state index in [9.17, 15) is 4.79 Å². The Morgan fingerprint density at radius 2 is 2.30 bits per heavy atom. The van der Waals surface area contributed by atoms with Gasteiger partial charge < -0.3 is 9.52 Å². The number of thioether (sulfide) groups is 1. The highest BCUT2D eigenvalue weighted by atomic mass is 32.2. The molecular weight excluding hydrogens is 280 g/mol. The first-order valence-corrected chi connectivity index (χ1v) is 7.31. The summed E-state index contributed by atoms with van der Waals surface area (Å²) in [5, 5.41) is 21.2. The topological polar surface area (TPSA) is 94.0 Å². The third kappa shape index (κ3) is 3.60. The van der Waals surface area contributed by atoms with Crippen molar-refractivity contribution in [2.45, 2.75) is 38.5 Å². The molecule has 0 fully saturated rings. The second kappa shape index (κ2) is 6.56. The lowest BCUT2D eigenvalue weighted by molar-refractivity contribution is -0.136. The minimum Gasteiger partial charge on any atom is -0.481 e. The molecule has 7 nitrogen and oxygen atoms in total. The van der Waals surface area contributed by atoms with Crippen LogP contribution in [0.3, 0.4) is 0 Å². The summed E-state index contributed by atoms with van der Waals surface area (Å²) in [6.07, 6.45) is 1.06. The van der Waals surface area contributed by atoms with Gasteiger partial charge in [-0.25, -0.2) is 0 Å². The molecule has 0 radical (unpaired) electrons. The lowest BCUT2D eigenvalue weighted by Gasteiger charge is -1.99. The maximum atomic E-state index is 10.4. The van der Waals surface area contributed by atoms with E-state index in [4.69, 9.17) is 9.52 Å². The zero-order chi connectivity index (χ0) is 14.5.